The Morgan fingerprint density at radius 2 is 2.00 bits per heavy atom. The zero-order valence-corrected chi connectivity index (χ0v) is 18.4. The van der Waals surface area contributed by atoms with Gasteiger partial charge in [-0.1, -0.05) is 11.3 Å². The molecule has 164 valence electrons. The van der Waals surface area contributed by atoms with Crippen molar-refractivity contribution in [2.24, 2.45) is 5.92 Å². The van der Waals surface area contributed by atoms with Gasteiger partial charge < -0.3 is 24.3 Å². The van der Waals surface area contributed by atoms with Crippen LogP contribution < -0.4 is 14.8 Å². The molecule has 9 heteroatoms. The average Bonchev–Trinajstić information content (AvgIpc) is 3.03. The molecule has 0 saturated heterocycles. The maximum Gasteiger partial charge on any atom is 0.276 e. The Balaban J connectivity index is 1.18. The van der Waals surface area contributed by atoms with Crippen LogP contribution in [0, 0.1) is 5.92 Å². The molecule has 2 aromatic heterocycles. The molecule has 2 fully saturated rings. The number of carbonyl (C=O) groups excluding carboxylic acids is 1. The fourth-order valence-electron chi connectivity index (χ4n) is 3.68. The predicted octanol–water partition coefficient (Wildman–Crippen LogP) is 2.95. The van der Waals surface area contributed by atoms with Crippen LogP contribution in [0.1, 0.15) is 39.5 Å². The van der Waals surface area contributed by atoms with Crippen LogP contribution in [-0.2, 0) is 14.3 Å². The molecule has 2 aliphatic rings. The largest absolute Gasteiger partial charge is 0.477 e. The van der Waals surface area contributed by atoms with Gasteiger partial charge in [-0.15, -0.1) is 0 Å². The van der Waals surface area contributed by atoms with Gasteiger partial charge in [0, 0.05) is 39.0 Å². The van der Waals surface area contributed by atoms with Gasteiger partial charge in [-0.05, 0) is 31.7 Å². The Bertz CT molecular complexity index is 863. The lowest BCUT2D eigenvalue weighted by molar-refractivity contribution is -0.120. The number of carbonyl (C=O) groups is 1. The number of rotatable bonds is 10. The molecule has 2 saturated carbocycles. The number of fused-ring (bicyclic) bond motifs is 1. The molecule has 1 amide bonds. The molecule has 1 atom stereocenters. The number of nitrogens with zero attached hydrogens (tertiary/aromatic N) is 2. The van der Waals surface area contributed by atoms with Crippen LogP contribution in [0.15, 0.2) is 12.1 Å². The number of hydrogen-bond donors (Lipinski definition) is 1. The number of nitrogens with one attached hydrogen (secondary N) is 1. The minimum Gasteiger partial charge on any atom is -0.477 e. The zero-order chi connectivity index (χ0) is 21.1. The number of amides is 1. The molecule has 0 aromatic carbocycles. The average molecular weight is 436 g/mol. The Hall–Kier alpha value is -1.97. The summed E-state index contributed by atoms with van der Waals surface area (Å²) in [5.41, 5.74) is 0.829. The Labute approximate surface area is 180 Å². The number of pyridine rings is 1. The van der Waals surface area contributed by atoms with Crippen molar-refractivity contribution in [3.63, 3.8) is 0 Å². The summed E-state index contributed by atoms with van der Waals surface area (Å²) in [5, 5.41) is 3.48. The summed E-state index contributed by atoms with van der Waals surface area (Å²) in [6, 6.07) is 3.82. The van der Waals surface area contributed by atoms with Crippen molar-refractivity contribution in [2.45, 2.75) is 63.9 Å². The first kappa shape index (κ1) is 21.3. The van der Waals surface area contributed by atoms with Gasteiger partial charge in [0.25, 0.3) is 5.19 Å². The first-order chi connectivity index (χ1) is 14.5. The van der Waals surface area contributed by atoms with E-state index in [9.17, 15) is 4.79 Å². The molecular weight excluding hydrogens is 406 g/mol. The van der Waals surface area contributed by atoms with Gasteiger partial charge in [0.1, 0.15) is 11.6 Å². The number of methoxy groups -OCH3 is 1. The van der Waals surface area contributed by atoms with Crippen molar-refractivity contribution < 1.29 is 23.7 Å². The number of ether oxygens (including phenoxy) is 4. The van der Waals surface area contributed by atoms with E-state index in [1.807, 2.05) is 19.1 Å². The minimum atomic E-state index is -0.0298. The first-order valence-corrected chi connectivity index (χ1v) is 11.3. The summed E-state index contributed by atoms with van der Waals surface area (Å²) < 4.78 is 22.9. The highest BCUT2D eigenvalue weighted by Gasteiger charge is 2.32. The Kier molecular flexibility index (Phi) is 6.70. The van der Waals surface area contributed by atoms with Gasteiger partial charge in [-0.25, -0.2) is 9.97 Å². The Morgan fingerprint density at radius 1 is 1.20 bits per heavy atom. The molecular formula is C21H29N3O5S. The molecule has 0 radical (unpaired) electrons. The van der Waals surface area contributed by atoms with Crippen LogP contribution >= 0.6 is 11.3 Å². The van der Waals surface area contributed by atoms with Gasteiger partial charge >= 0.3 is 0 Å². The van der Waals surface area contributed by atoms with E-state index in [0.717, 1.165) is 36.0 Å². The zero-order valence-electron chi connectivity index (χ0n) is 17.6. The van der Waals surface area contributed by atoms with Crippen molar-refractivity contribution in [3.05, 3.63) is 12.1 Å². The SMILES string of the molecule is CO[C@H]1C[C@H](Oc2nc3ccc(OC[C@H]4C[C@H](OC[C@H](C)NC(C)=O)C4)nc3s2)C1. The van der Waals surface area contributed by atoms with Crippen molar-refractivity contribution in [1.82, 2.24) is 15.3 Å². The third kappa shape index (κ3) is 5.39. The van der Waals surface area contributed by atoms with Gasteiger partial charge in [0.2, 0.25) is 11.8 Å². The van der Waals surface area contributed by atoms with E-state index in [0.29, 0.717) is 36.3 Å². The fraction of sp³-hybridized carbons (Fsp3) is 0.667. The van der Waals surface area contributed by atoms with E-state index in [4.69, 9.17) is 18.9 Å². The molecule has 0 spiro atoms. The van der Waals surface area contributed by atoms with E-state index in [2.05, 4.69) is 15.3 Å². The van der Waals surface area contributed by atoms with E-state index >= 15 is 0 Å². The third-order valence-corrected chi connectivity index (χ3v) is 6.41. The third-order valence-electron chi connectivity index (χ3n) is 5.55. The summed E-state index contributed by atoms with van der Waals surface area (Å²) in [6.45, 7) is 4.63. The molecule has 8 nitrogen and oxygen atoms in total. The molecule has 0 aliphatic heterocycles. The monoisotopic (exact) mass is 435 g/mol. The summed E-state index contributed by atoms with van der Waals surface area (Å²) in [4.78, 5) is 20.9. The van der Waals surface area contributed by atoms with Gasteiger partial charge in [0.15, 0.2) is 4.83 Å². The van der Waals surface area contributed by atoms with Crippen molar-refractivity contribution in [2.75, 3.05) is 20.3 Å². The van der Waals surface area contributed by atoms with Crippen LogP contribution in [0.5, 0.6) is 11.1 Å². The van der Waals surface area contributed by atoms with E-state index in [1.165, 1.54) is 18.3 Å². The highest BCUT2D eigenvalue weighted by atomic mass is 32.1. The lowest BCUT2D eigenvalue weighted by Crippen LogP contribution is -2.40. The lowest BCUT2D eigenvalue weighted by Gasteiger charge is -2.35. The highest BCUT2D eigenvalue weighted by molar-refractivity contribution is 7.19. The summed E-state index contributed by atoms with van der Waals surface area (Å²) in [6.07, 6.45) is 4.49. The molecule has 2 heterocycles. The first-order valence-electron chi connectivity index (χ1n) is 10.5. The highest BCUT2D eigenvalue weighted by Crippen LogP contribution is 2.34. The van der Waals surface area contributed by atoms with Crippen LogP contribution in [-0.4, -0.2) is 60.6 Å². The second-order valence-corrected chi connectivity index (χ2v) is 9.17. The molecule has 0 bridgehead atoms. The number of hydrogen-bond acceptors (Lipinski definition) is 8. The summed E-state index contributed by atoms with van der Waals surface area (Å²) >= 11 is 1.45. The number of aromatic nitrogens is 2. The lowest BCUT2D eigenvalue weighted by atomic mass is 9.83. The number of thiazole rings is 1. The summed E-state index contributed by atoms with van der Waals surface area (Å²) in [5.74, 6) is 1.05. The van der Waals surface area contributed by atoms with Crippen molar-refractivity contribution in [3.8, 4) is 11.1 Å². The normalized spacial score (nSPS) is 26.5. The molecule has 1 N–H and O–H groups in total. The van der Waals surface area contributed by atoms with E-state index in [1.54, 1.807) is 7.11 Å². The van der Waals surface area contributed by atoms with Crippen LogP contribution in [0.25, 0.3) is 10.3 Å². The molecule has 4 rings (SSSR count). The standard InChI is InChI=1S/C21H29N3O5S/c1-12(22-13(2)25)10-27-16-6-14(7-16)11-28-19-5-4-18-20(24-19)30-21(23-18)29-17-8-15(9-17)26-3/h4-5,12,14-17H,6-11H2,1-3H3,(H,22,25)/t12-,14-,15-,16-,17-/m0/s1. The molecule has 2 aromatic rings. The van der Waals surface area contributed by atoms with Crippen LogP contribution in [0.4, 0.5) is 0 Å². The smallest absolute Gasteiger partial charge is 0.276 e. The topological polar surface area (TPSA) is 91.8 Å². The predicted molar refractivity (Wildman–Crippen MR) is 113 cm³/mol. The van der Waals surface area contributed by atoms with Gasteiger partial charge in [0.05, 0.1) is 25.4 Å². The van der Waals surface area contributed by atoms with Crippen LogP contribution in [0.2, 0.25) is 0 Å². The molecule has 0 unspecified atom stereocenters. The maximum atomic E-state index is 11.0. The van der Waals surface area contributed by atoms with Crippen molar-refractivity contribution >= 4 is 27.6 Å². The second kappa shape index (κ2) is 9.45. The van der Waals surface area contributed by atoms with Gasteiger partial charge in [-0.3, -0.25) is 4.79 Å². The molecule has 2 aliphatic carbocycles. The van der Waals surface area contributed by atoms with Gasteiger partial charge in [-0.2, -0.15) is 0 Å². The minimum absolute atomic E-state index is 0.0298. The maximum absolute atomic E-state index is 11.0. The Morgan fingerprint density at radius 3 is 2.73 bits per heavy atom. The summed E-state index contributed by atoms with van der Waals surface area (Å²) in [7, 11) is 1.73. The van der Waals surface area contributed by atoms with E-state index < -0.39 is 0 Å². The quantitative estimate of drug-likeness (QED) is 0.613. The van der Waals surface area contributed by atoms with E-state index in [-0.39, 0.29) is 24.2 Å². The molecule has 30 heavy (non-hydrogen) atoms. The second-order valence-electron chi connectivity index (χ2n) is 8.23. The fourth-order valence-corrected chi connectivity index (χ4v) is 4.53. The van der Waals surface area contributed by atoms with Crippen molar-refractivity contribution in [1.29, 1.82) is 0 Å². The van der Waals surface area contributed by atoms with Crippen LogP contribution in [0.3, 0.4) is 0 Å².